The van der Waals surface area contributed by atoms with Crippen LogP contribution in [-0.4, -0.2) is 46.2 Å². The molecule has 0 spiro atoms. The molecule has 0 saturated carbocycles. The molecule has 0 saturated heterocycles. The Kier molecular flexibility index (Phi) is 6.39. The Bertz CT molecular complexity index is 894. The first-order valence-corrected chi connectivity index (χ1v) is 10.0. The van der Waals surface area contributed by atoms with E-state index < -0.39 is 9.84 Å². The molecule has 0 atom stereocenters. The number of nitrogens with one attached hydrogen (secondary N) is 1. The molecule has 140 valence electrons. The second-order valence-electron chi connectivity index (χ2n) is 6.30. The van der Waals surface area contributed by atoms with E-state index in [9.17, 15) is 13.2 Å². The van der Waals surface area contributed by atoms with Gasteiger partial charge in [0.05, 0.1) is 24.2 Å². The van der Waals surface area contributed by atoms with Gasteiger partial charge in [-0.05, 0) is 32.2 Å². The minimum Gasteiger partial charge on any atom is -0.496 e. The number of benzene rings is 2. The lowest BCUT2D eigenvalue weighted by Crippen LogP contribution is -2.30. The molecular formula is C19H24N2O4S. The van der Waals surface area contributed by atoms with Gasteiger partial charge in [-0.15, -0.1) is 0 Å². The lowest BCUT2D eigenvalue weighted by Gasteiger charge is -2.19. The summed E-state index contributed by atoms with van der Waals surface area (Å²) in [6.07, 6.45) is 1.12. The van der Waals surface area contributed by atoms with E-state index in [-0.39, 0.29) is 17.3 Å². The van der Waals surface area contributed by atoms with Gasteiger partial charge in [0, 0.05) is 18.4 Å². The van der Waals surface area contributed by atoms with Crippen molar-refractivity contribution < 1.29 is 17.9 Å². The molecule has 6 nitrogen and oxygen atoms in total. The quantitative estimate of drug-likeness (QED) is 0.803. The Morgan fingerprint density at radius 1 is 1.19 bits per heavy atom. The van der Waals surface area contributed by atoms with E-state index >= 15 is 0 Å². The number of hydrogen-bond acceptors (Lipinski definition) is 5. The molecule has 1 N–H and O–H groups in total. The van der Waals surface area contributed by atoms with Crippen LogP contribution < -0.4 is 10.1 Å². The summed E-state index contributed by atoms with van der Waals surface area (Å²) in [5.41, 5.74) is 2.39. The zero-order valence-electron chi connectivity index (χ0n) is 15.4. The molecule has 0 fully saturated rings. The molecule has 0 aliphatic rings. The van der Waals surface area contributed by atoms with Crippen LogP contribution in [0, 0.1) is 6.92 Å². The second-order valence-corrected chi connectivity index (χ2v) is 8.29. The van der Waals surface area contributed by atoms with Crippen LogP contribution in [0.3, 0.4) is 0 Å². The van der Waals surface area contributed by atoms with Gasteiger partial charge in [0.2, 0.25) is 5.91 Å². The molecule has 2 aromatic carbocycles. The highest BCUT2D eigenvalue weighted by Crippen LogP contribution is 2.22. The van der Waals surface area contributed by atoms with Crippen LogP contribution in [0.4, 0.5) is 5.69 Å². The predicted octanol–water partition coefficient (Wildman–Crippen LogP) is 2.48. The van der Waals surface area contributed by atoms with Gasteiger partial charge >= 0.3 is 0 Å². The number of carbonyl (C=O) groups excluding carboxylic acids is 1. The maximum absolute atomic E-state index is 12.3. The normalized spacial score (nSPS) is 11.4. The summed E-state index contributed by atoms with van der Waals surface area (Å²) < 4.78 is 29.0. The highest BCUT2D eigenvalue weighted by atomic mass is 32.2. The zero-order valence-corrected chi connectivity index (χ0v) is 16.3. The average molecular weight is 376 g/mol. The standard InChI is InChI=1S/C19H24N2O4S/c1-14-9-10-17(25-3)15(11-14)12-21(2)13-19(22)20-16-7-5-6-8-18(16)26(4,23)24/h5-11H,12-13H2,1-4H3,(H,20,22). The third-order valence-corrected chi connectivity index (χ3v) is 5.01. The number of likely N-dealkylation sites (N-methyl/N-ethyl adjacent to an activating group) is 1. The van der Waals surface area contributed by atoms with Gasteiger partial charge in [0.25, 0.3) is 0 Å². The minimum absolute atomic E-state index is 0.108. The molecule has 0 aromatic heterocycles. The lowest BCUT2D eigenvalue weighted by molar-refractivity contribution is -0.117. The van der Waals surface area contributed by atoms with E-state index in [0.717, 1.165) is 23.1 Å². The minimum atomic E-state index is -3.41. The SMILES string of the molecule is COc1ccc(C)cc1CN(C)CC(=O)Nc1ccccc1S(C)(=O)=O. The maximum Gasteiger partial charge on any atom is 0.238 e. The van der Waals surface area contributed by atoms with Gasteiger partial charge in [0.1, 0.15) is 5.75 Å². The monoisotopic (exact) mass is 376 g/mol. The number of amides is 1. The van der Waals surface area contributed by atoms with Crippen LogP contribution in [-0.2, 0) is 21.2 Å². The number of sulfone groups is 1. The number of para-hydroxylation sites is 1. The first-order chi connectivity index (χ1) is 12.2. The van der Waals surface area contributed by atoms with Gasteiger partial charge < -0.3 is 10.1 Å². The van der Waals surface area contributed by atoms with Gasteiger partial charge in [-0.1, -0.05) is 29.8 Å². The molecule has 1 amide bonds. The second kappa shape index (κ2) is 8.33. The molecule has 0 aliphatic carbocycles. The molecule has 0 unspecified atom stereocenters. The number of rotatable bonds is 7. The number of hydrogen-bond donors (Lipinski definition) is 1. The third-order valence-electron chi connectivity index (χ3n) is 3.85. The summed E-state index contributed by atoms with van der Waals surface area (Å²) in [6.45, 7) is 2.65. The van der Waals surface area contributed by atoms with E-state index in [1.165, 1.54) is 6.07 Å². The van der Waals surface area contributed by atoms with Crippen molar-refractivity contribution in [3.63, 3.8) is 0 Å². The van der Waals surface area contributed by atoms with Crippen molar-refractivity contribution in [2.75, 3.05) is 32.3 Å². The van der Waals surface area contributed by atoms with Gasteiger partial charge in [0.15, 0.2) is 9.84 Å². The highest BCUT2D eigenvalue weighted by molar-refractivity contribution is 7.90. The third kappa shape index (κ3) is 5.31. The molecule has 2 rings (SSSR count). The lowest BCUT2D eigenvalue weighted by atomic mass is 10.1. The van der Waals surface area contributed by atoms with Crippen molar-refractivity contribution in [2.24, 2.45) is 0 Å². The van der Waals surface area contributed by atoms with Crippen molar-refractivity contribution in [1.29, 1.82) is 0 Å². The van der Waals surface area contributed by atoms with E-state index in [1.807, 2.05) is 37.1 Å². The maximum atomic E-state index is 12.3. The van der Waals surface area contributed by atoms with Gasteiger partial charge in [-0.2, -0.15) is 0 Å². The first kappa shape index (κ1) is 19.9. The van der Waals surface area contributed by atoms with Crippen LogP contribution >= 0.6 is 0 Å². The summed E-state index contributed by atoms with van der Waals surface area (Å²) in [4.78, 5) is 14.3. The molecule has 0 bridgehead atoms. The molecule has 26 heavy (non-hydrogen) atoms. The number of aryl methyl sites for hydroxylation is 1. The Labute approximate surface area is 154 Å². The fourth-order valence-electron chi connectivity index (χ4n) is 2.71. The van der Waals surface area contributed by atoms with E-state index in [4.69, 9.17) is 4.74 Å². The fraction of sp³-hybridized carbons (Fsp3) is 0.316. The largest absolute Gasteiger partial charge is 0.496 e. The Morgan fingerprint density at radius 3 is 2.54 bits per heavy atom. The number of carbonyl (C=O) groups is 1. The highest BCUT2D eigenvalue weighted by Gasteiger charge is 2.16. The molecule has 0 radical (unpaired) electrons. The average Bonchev–Trinajstić information content (AvgIpc) is 2.54. The number of methoxy groups -OCH3 is 1. The summed E-state index contributed by atoms with van der Waals surface area (Å²) in [5.74, 6) is 0.487. The number of nitrogens with zero attached hydrogens (tertiary/aromatic N) is 1. The van der Waals surface area contributed by atoms with E-state index in [0.29, 0.717) is 12.2 Å². The molecule has 7 heteroatoms. The van der Waals surface area contributed by atoms with Crippen molar-refractivity contribution in [3.8, 4) is 5.75 Å². The first-order valence-electron chi connectivity index (χ1n) is 8.11. The Hall–Kier alpha value is -2.38. The molecule has 2 aromatic rings. The molecular weight excluding hydrogens is 352 g/mol. The van der Waals surface area contributed by atoms with Crippen LogP contribution in [0.2, 0.25) is 0 Å². The van der Waals surface area contributed by atoms with Crippen molar-refractivity contribution >= 4 is 21.4 Å². The van der Waals surface area contributed by atoms with Crippen molar-refractivity contribution in [2.45, 2.75) is 18.4 Å². The fourth-order valence-corrected chi connectivity index (χ4v) is 3.55. The summed E-state index contributed by atoms with van der Waals surface area (Å²) in [7, 11) is 0.0226. The van der Waals surface area contributed by atoms with Crippen LogP contribution in [0.1, 0.15) is 11.1 Å². The Morgan fingerprint density at radius 2 is 1.88 bits per heavy atom. The van der Waals surface area contributed by atoms with Gasteiger partial charge in [-0.25, -0.2) is 8.42 Å². The molecule has 0 aliphatic heterocycles. The smallest absolute Gasteiger partial charge is 0.238 e. The van der Waals surface area contributed by atoms with Crippen LogP contribution in [0.25, 0.3) is 0 Å². The van der Waals surface area contributed by atoms with Crippen molar-refractivity contribution in [1.82, 2.24) is 4.90 Å². The van der Waals surface area contributed by atoms with Crippen LogP contribution in [0.5, 0.6) is 5.75 Å². The number of anilines is 1. The Balaban J connectivity index is 2.06. The predicted molar refractivity (Wildman–Crippen MR) is 102 cm³/mol. The van der Waals surface area contributed by atoms with Crippen LogP contribution in [0.15, 0.2) is 47.4 Å². The zero-order chi connectivity index (χ0) is 19.3. The summed E-state index contributed by atoms with van der Waals surface area (Å²) in [5, 5.41) is 2.68. The van der Waals surface area contributed by atoms with Gasteiger partial charge in [-0.3, -0.25) is 9.69 Å². The topological polar surface area (TPSA) is 75.7 Å². The molecule has 0 heterocycles. The van der Waals surface area contributed by atoms with Crippen molar-refractivity contribution in [3.05, 3.63) is 53.6 Å². The van der Waals surface area contributed by atoms with E-state index in [1.54, 1.807) is 25.3 Å². The number of ether oxygens (including phenoxy) is 1. The van der Waals surface area contributed by atoms with E-state index in [2.05, 4.69) is 5.32 Å². The summed E-state index contributed by atoms with van der Waals surface area (Å²) in [6, 6.07) is 12.3. The summed E-state index contributed by atoms with van der Waals surface area (Å²) >= 11 is 0.